The van der Waals surface area contributed by atoms with Gasteiger partial charge < -0.3 is 9.47 Å². The fourth-order valence-electron chi connectivity index (χ4n) is 2.34. The second-order valence-electron chi connectivity index (χ2n) is 6.55. The summed E-state index contributed by atoms with van der Waals surface area (Å²) < 4.78 is 99.9. The molecule has 176 valence electrons. The lowest BCUT2D eigenvalue weighted by Crippen LogP contribution is -2.58. The molecule has 0 aromatic heterocycles. The van der Waals surface area contributed by atoms with Crippen LogP contribution in [0.4, 0.5) is 30.7 Å². The number of nitrogens with one attached hydrogen (secondary N) is 1. The molecule has 0 bridgehead atoms. The molecule has 2 aromatic rings. The van der Waals surface area contributed by atoms with Crippen molar-refractivity contribution >= 4 is 17.8 Å². The van der Waals surface area contributed by atoms with Crippen LogP contribution in [0, 0.1) is 6.92 Å². The molecule has 2 rings (SSSR count). The standard InChI is InChI=1S/C20H18ClF7N2O2/c1-3-31-16-9-14(10-29-30-20(27,28)18(22,23)19(24,25)26)8-15(21)17(16)32-11-13-6-4-12(2)5-7-13/h4-10,30H,3,11H2,1-2H3/b29-10+. The lowest BCUT2D eigenvalue weighted by Gasteiger charge is -2.27. The van der Waals surface area contributed by atoms with Gasteiger partial charge in [0.25, 0.3) is 0 Å². The molecule has 0 aliphatic carbocycles. The van der Waals surface area contributed by atoms with Gasteiger partial charge in [-0.25, -0.2) is 5.43 Å². The second-order valence-corrected chi connectivity index (χ2v) is 6.96. The maximum absolute atomic E-state index is 13.3. The zero-order valence-corrected chi connectivity index (χ0v) is 17.5. The molecule has 0 heterocycles. The van der Waals surface area contributed by atoms with Crippen molar-refractivity contribution < 1.29 is 40.2 Å². The fourth-order valence-corrected chi connectivity index (χ4v) is 2.62. The topological polar surface area (TPSA) is 42.8 Å². The largest absolute Gasteiger partial charge is 0.490 e. The minimum atomic E-state index is -6.47. The lowest BCUT2D eigenvalue weighted by molar-refractivity contribution is -0.361. The molecule has 2 aromatic carbocycles. The Morgan fingerprint density at radius 1 is 1.00 bits per heavy atom. The Hall–Kier alpha value is -2.69. The van der Waals surface area contributed by atoms with Crippen molar-refractivity contribution in [1.82, 2.24) is 5.43 Å². The minimum Gasteiger partial charge on any atom is -0.490 e. The van der Waals surface area contributed by atoms with Crippen molar-refractivity contribution in [2.75, 3.05) is 6.61 Å². The van der Waals surface area contributed by atoms with Crippen LogP contribution in [-0.2, 0) is 6.61 Å². The number of hydrogen-bond donors (Lipinski definition) is 1. The fraction of sp³-hybridized carbons (Fsp3) is 0.350. The highest BCUT2D eigenvalue weighted by molar-refractivity contribution is 6.32. The molecule has 0 fully saturated rings. The van der Waals surface area contributed by atoms with Gasteiger partial charge in [-0.3, -0.25) is 0 Å². The average Bonchev–Trinajstić information content (AvgIpc) is 2.68. The van der Waals surface area contributed by atoms with Gasteiger partial charge in [0, 0.05) is 0 Å². The third-order valence-corrected chi connectivity index (χ3v) is 4.29. The molecule has 0 unspecified atom stereocenters. The summed E-state index contributed by atoms with van der Waals surface area (Å²) in [5, 5.41) is 2.79. The Morgan fingerprint density at radius 3 is 2.19 bits per heavy atom. The Labute approximate surface area is 184 Å². The van der Waals surface area contributed by atoms with Crippen molar-refractivity contribution in [1.29, 1.82) is 0 Å². The van der Waals surface area contributed by atoms with E-state index < -0.39 is 18.1 Å². The Kier molecular flexibility index (Phi) is 7.87. The number of halogens is 8. The predicted molar refractivity (Wildman–Crippen MR) is 105 cm³/mol. The molecule has 0 radical (unpaired) electrons. The number of rotatable bonds is 9. The molecule has 0 saturated heterocycles. The summed E-state index contributed by atoms with van der Waals surface area (Å²) in [7, 11) is 0. The van der Waals surface area contributed by atoms with Crippen LogP contribution in [0.3, 0.4) is 0 Å². The highest BCUT2D eigenvalue weighted by Gasteiger charge is 2.73. The molecular formula is C20H18ClF7N2O2. The van der Waals surface area contributed by atoms with Gasteiger partial charge in [0.2, 0.25) is 0 Å². The van der Waals surface area contributed by atoms with Crippen LogP contribution in [0.2, 0.25) is 5.02 Å². The first-order chi connectivity index (χ1) is 14.8. The molecule has 0 saturated carbocycles. The van der Waals surface area contributed by atoms with E-state index >= 15 is 0 Å². The van der Waals surface area contributed by atoms with Gasteiger partial charge in [-0.1, -0.05) is 41.4 Å². The highest BCUT2D eigenvalue weighted by Crippen LogP contribution is 2.45. The van der Waals surface area contributed by atoms with Crippen LogP contribution in [0.1, 0.15) is 23.6 Å². The molecule has 1 N–H and O–H groups in total. The Morgan fingerprint density at radius 2 is 1.62 bits per heavy atom. The van der Waals surface area contributed by atoms with Gasteiger partial charge in [-0.05, 0) is 37.1 Å². The molecule has 32 heavy (non-hydrogen) atoms. The maximum atomic E-state index is 13.3. The molecule has 4 nitrogen and oxygen atoms in total. The number of hydrazone groups is 1. The van der Waals surface area contributed by atoms with E-state index in [4.69, 9.17) is 21.1 Å². The van der Waals surface area contributed by atoms with E-state index in [1.165, 1.54) is 12.1 Å². The molecule has 0 aliphatic heterocycles. The van der Waals surface area contributed by atoms with Gasteiger partial charge in [-0.15, -0.1) is 0 Å². The van der Waals surface area contributed by atoms with E-state index in [-0.39, 0.29) is 35.3 Å². The zero-order chi connectivity index (χ0) is 24.2. The maximum Gasteiger partial charge on any atom is 0.462 e. The number of aryl methyl sites for hydroxylation is 1. The number of nitrogens with zero attached hydrogens (tertiary/aromatic N) is 1. The molecule has 0 spiro atoms. The van der Waals surface area contributed by atoms with Crippen molar-refractivity contribution in [3.63, 3.8) is 0 Å². The van der Waals surface area contributed by atoms with Crippen LogP contribution >= 0.6 is 11.6 Å². The van der Waals surface area contributed by atoms with Crippen molar-refractivity contribution in [2.24, 2.45) is 5.10 Å². The van der Waals surface area contributed by atoms with E-state index in [9.17, 15) is 30.7 Å². The highest BCUT2D eigenvalue weighted by atomic mass is 35.5. The predicted octanol–water partition coefficient (Wildman–Crippen LogP) is 6.34. The summed E-state index contributed by atoms with van der Waals surface area (Å²) in [6, 6.07) is 4.22. The minimum absolute atomic E-state index is 0.0141. The van der Waals surface area contributed by atoms with Crippen LogP contribution in [0.5, 0.6) is 11.5 Å². The zero-order valence-electron chi connectivity index (χ0n) is 16.7. The van der Waals surface area contributed by atoms with E-state index in [0.29, 0.717) is 11.6 Å². The van der Waals surface area contributed by atoms with Gasteiger partial charge in [0.15, 0.2) is 11.5 Å². The molecular weight excluding hydrogens is 469 g/mol. The number of ether oxygens (including phenoxy) is 2. The van der Waals surface area contributed by atoms with Crippen molar-refractivity contribution in [3.8, 4) is 11.5 Å². The van der Waals surface area contributed by atoms with Gasteiger partial charge >= 0.3 is 18.1 Å². The molecule has 0 amide bonds. The summed E-state index contributed by atoms with van der Waals surface area (Å²) >= 11 is 6.16. The quantitative estimate of drug-likeness (QED) is 0.195. The summed E-state index contributed by atoms with van der Waals surface area (Å²) in [6.45, 7) is 3.88. The smallest absolute Gasteiger partial charge is 0.462 e. The third-order valence-electron chi connectivity index (χ3n) is 4.00. The first-order valence-electron chi connectivity index (χ1n) is 9.05. The first kappa shape index (κ1) is 25.6. The van der Waals surface area contributed by atoms with Crippen LogP contribution in [0.25, 0.3) is 0 Å². The van der Waals surface area contributed by atoms with Crippen molar-refractivity contribution in [2.45, 2.75) is 38.6 Å². The lowest BCUT2D eigenvalue weighted by atomic mass is 10.1. The number of benzene rings is 2. The molecule has 0 aliphatic rings. The van der Waals surface area contributed by atoms with Crippen LogP contribution in [0.15, 0.2) is 41.5 Å². The third kappa shape index (κ3) is 5.96. The first-order valence-corrected chi connectivity index (χ1v) is 9.43. The van der Waals surface area contributed by atoms with E-state index in [0.717, 1.165) is 11.1 Å². The van der Waals surface area contributed by atoms with E-state index in [1.54, 1.807) is 6.92 Å². The molecule has 12 heteroatoms. The average molecular weight is 487 g/mol. The van der Waals surface area contributed by atoms with E-state index in [2.05, 4.69) is 5.10 Å². The summed E-state index contributed by atoms with van der Waals surface area (Å²) in [5.41, 5.74) is 2.41. The number of hydrogen-bond acceptors (Lipinski definition) is 4. The number of alkyl halides is 7. The normalized spacial score (nSPS) is 12.8. The monoisotopic (exact) mass is 486 g/mol. The van der Waals surface area contributed by atoms with E-state index in [1.807, 2.05) is 31.2 Å². The SMILES string of the molecule is CCOc1cc(/C=N/NC(F)(F)C(F)(F)C(F)(F)F)cc(Cl)c1OCc1ccc(C)cc1. The van der Waals surface area contributed by atoms with Gasteiger partial charge in [0.05, 0.1) is 17.8 Å². The van der Waals surface area contributed by atoms with Gasteiger partial charge in [-0.2, -0.15) is 35.8 Å². The Balaban J connectivity index is 2.20. The molecule has 0 atom stereocenters. The van der Waals surface area contributed by atoms with Crippen LogP contribution in [-0.4, -0.2) is 31.0 Å². The van der Waals surface area contributed by atoms with Gasteiger partial charge in [0.1, 0.15) is 6.61 Å². The summed E-state index contributed by atoms with van der Waals surface area (Å²) in [4.78, 5) is 0. The van der Waals surface area contributed by atoms with Crippen LogP contribution < -0.4 is 14.9 Å². The Bertz CT molecular complexity index is 948. The second kappa shape index (κ2) is 9.85. The van der Waals surface area contributed by atoms with Crippen molar-refractivity contribution in [3.05, 3.63) is 58.1 Å². The summed E-state index contributed by atoms with van der Waals surface area (Å²) in [6.07, 6.45) is -5.88. The summed E-state index contributed by atoms with van der Waals surface area (Å²) in [5.74, 6) is -6.10.